The van der Waals surface area contributed by atoms with Crippen LogP contribution in [0.25, 0.3) is 11.1 Å². The highest BCUT2D eigenvalue weighted by atomic mass is 16.7. The monoisotopic (exact) mass is 579 g/mol. The molecular formula is C34H45NO7. The number of carbonyl (C=O) groups is 2. The van der Waals surface area contributed by atoms with Crippen LogP contribution in [0.4, 0.5) is 4.79 Å². The lowest BCUT2D eigenvalue weighted by molar-refractivity contribution is -0.168. The van der Waals surface area contributed by atoms with Gasteiger partial charge in [-0.25, -0.2) is 4.79 Å². The molecule has 0 saturated carbocycles. The number of benzene rings is 2. The summed E-state index contributed by atoms with van der Waals surface area (Å²) in [6.07, 6.45) is -1.26. The Labute approximate surface area is 249 Å². The molecule has 2 aromatic rings. The van der Waals surface area contributed by atoms with E-state index in [0.29, 0.717) is 0 Å². The van der Waals surface area contributed by atoms with Crippen molar-refractivity contribution in [1.29, 1.82) is 0 Å². The predicted molar refractivity (Wildman–Crippen MR) is 159 cm³/mol. The van der Waals surface area contributed by atoms with Crippen LogP contribution < -0.4 is 0 Å². The second-order valence-corrected chi connectivity index (χ2v) is 14.0. The first kappa shape index (κ1) is 30.7. The molecule has 228 valence electrons. The van der Waals surface area contributed by atoms with E-state index in [1.807, 2.05) is 79.7 Å². The van der Waals surface area contributed by atoms with Crippen molar-refractivity contribution < 1.29 is 33.3 Å². The maximum absolute atomic E-state index is 14.0. The molecule has 0 bridgehead atoms. The van der Waals surface area contributed by atoms with Gasteiger partial charge in [-0.05, 0) is 77.6 Å². The Morgan fingerprint density at radius 2 is 1.55 bits per heavy atom. The molecule has 8 heteroatoms. The zero-order valence-electron chi connectivity index (χ0n) is 26.1. The molecule has 2 heterocycles. The van der Waals surface area contributed by atoms with Crippen molar-refractivity contribution in [3.63, 3.8) is 0 Å². The fraction of sp³-hybridized carbons (Fsp3) is 0.588. The Bertz CT molecular complexity index is 1250. The molecule has 0 spiro atoms. The van der Waals surface area contributed by atoms with Crippen LogP contribution in [0.3, 0.4) is 0 Å². The van der Waals surface area contributed by atoms with Gasteiger partial charge < -0.3 is 28.5 Å². The Hall–Kier alpha value is -2.78. The number of likely N-dealkylation sites (tertiary alicyclic amines) is 1. The molecule has 2 aromatic carbocycles. The summed E-state index contributed by atoms with van der Waals surface area (Å²) in [5, 5.41) is 0. The first-order chi connectivity index (χ1) is 19.7. The normalized spacial score (nSPS) is 26.1. The van der Waals surface area contributed by atoms with Gasteiger partial charge in [-0.15, -0.1) is 0 Å². The molecule has 8 nitrogen and oxygen atoms in total. The van der Waals surface area contributed by atoms with Crippen LogP contribution in [0.5, 0.6) is 0 Å². The van der Waals surface area contributed by atoms with Crippen molar-refractivity contribution in [2.45, 2.75) is 103 Å². The van der Waals surface area contributed by atoms with E-state index in [1.54, 1.807) is 4.90 Å². The summed E-state index contributed by atoms with van der Waals surface area (Å²) < 4.78 is 31.1. The van der Waals surface area contributed by atoms with Gasteiger partial charge in [-0.3, -0.25) is 4.90 Å². The van der Waals surface area contributed by atoms with Crippen molar-refractivity contribution in [2.24, 2.45) is 5.92 Å². The minimum Gasteiger partial charge on any atom is -0.448 e. The Morgan fingerprint density at radius 3 is 2.05 bits per heavy atom. The third-order valence-corrected chi connectivity index (χ3v) is 8.02. The molecule has 0 unspecified atom stereocenters. The summed E-state index contributed by atoms with van der Waals surface area (Å²) in [5.74, 6) is -1.63. The molecule has 2 fully saturated rings. The van der Waals surface area contributed by atoms with Gasteiger partial charge in [-0.2, -0.15) is 0 Å². The number of carbonyl (C=O) groups excluding carboxylic acids is 2. The highest BCUT2D eigenvalue weighted by Crippen LogP contribution is 2.45. The summed E-state index contributed by atoms with van der Waals surface area (Å²) >= 11 is 0. The number of hydrogen-bond acceptors (Lipinski definition) is 7. The highest BCUT2D eigenvalue weighted by molar-refractivity contribution is 5.79. The lowest BCUT2D eigenvalue weighted by Gasteiger charge is -2.38. The van der Waals surface area contributed by atoms with E-state index in [4.69, 9.17) is 23.7 Å². The number of hydrogen-bond donors (Lipinski definition) is 0. The maximum Gasteiger partial charge on any atom is 0.410 e. The van der Waals surface area contributed by atoms with Crippen LogP contribution in [0.1, 0.15) is 72.4 Å². The topological polar surface area (TPSA) is 83.5 Å². The minimum atomic E-state index is -0.833. The number of rotatable bonds is 7. The molecular weight excluding hydrogens is 534 g/mol. The van der Waals surface area contributed by atoms with Crippen LogP contribution in [-0.2, 0) is 28.5 Å². The zero-order valence-corrected chi connectivity index (χ0v) is 26.1. The average Bonchev–Trinajstić information content (AvgIpc) is 3.53. The van der Waals surface area contributed by atoms with Crippen molar-refractivity contribution in [2.75, 3.05) is 19.8 Å². The lowest BCUT2D eigenvalue weighted by Crippen LogP contribution is -2.53. The summed E-state index contributed by atoms with van der Waals surface area (Å²) in [7, 11) is 0. The fourth-order valence-corrected chi connectivity index (χ4v) is 6.52. The van der Waals surface area contributed by atoms with Crippen molar-refractivity contribution in [3.05, 3.63) is 59.7 Å². The zero-order chi connectivity index (χ0) is 30.4. The second-order valence-electron chi connectivity index (χ2n) is 14.0. The molecule has 0 aromatic heterocycles. The second kappa shape index (κ2) is 11.4. The van der Waals surface area contributed by atoms with E-state index >= 15 is 0 Å². The quantitative estimate of drug-likeness (QED) is 0.375. The van der Waals surface area contributed by atoms with Gasteiger partial charge in [0.05, 0.1) is 42.4 Å². The first-order valence-corrected chi connectivity index (χ1v) is 14.9. The fourth-order valence-electron chi connectivity index (χ4n) is 6.52. The van der Waals surface area contributed by atoms with Crippen molar-refractivity contribution in [1.82, 2.24) is 4.90 Å². The number of nitrogens with zero attached hydrogens (tertiary/aromatic N) is 1. The van der Waals surface area contributed by atoms with Crippen LogP contribution in [0.15, 0.2) is 48.5 Å². The van der Waals surface area contributed by atoms with E-state index < -0.39 is 53.4 Å². The maximum atomic E-state index is 14.0. The largest absolute Gasteiger partial charge is 0.448 e. The molecule has 0 N–H and O–H groups in total. The van der Waals surface area contributed by atoms with Crippen molar-refractivity contribution in [3.8, 4) is 11.1 Å². The molecule has 2 saturated heterocycles. The summed E-state index contributed by atoms with van der Waals surface area (Å²) in [4.78, 5) is 28.4. The van der Waals surface area contributed by atoms with Gasteiger partial charge in [0.15, 0.2) is 5.79 Å². The first-order valence-electron chi connectivity index (χ1n) is 14.9. The predicted octanol–water partition coefficient (Wildman–Crippen LogP) is 5.95. The van der Waals surface area contributed by atoms with Gasteiger partial charge in [0.1, 0.15) is 25.1 Å². The summed E-state index contributed by atoms with van der Waals surface area (Å²) in [6, 6.07) is 15.8. The summed E-state index contributed by atoms with van der Waals surface area (Å²) in [6.45, 7) is 16.1. The summed E-state index contributed by atoms with van der Waals surface area (Å²) in [5.41, 5.74) is 3.53. The Kier molecular flexibility index (Phi) is 8.31. The van der Waals surface area contributed by atoms with E-state index in [1.165, 1.54) is 0 Å². The van der Waals surface area contributed by atoms with Gasteiger partial charge in [0, 0.05) is 5.92 Å². The van der Waals surface area contributed by atoms with Crippen molar-refractivity contribution >= 4 is 12.4 Å². The Balaban J connectivity index is 1.45. The van der Waals surface area contributed by atoms with Crippen LogP contribution in [-0.4, -0.2) is 78.4 Å². The standard InChI is InChI=1S/C34H45NO7/c1-32(2,3)40-27-17-35(29(30(27)42-33(4,5)6)25(18-36)28-20-39-34(7,8)41-28)31(37)38-19-26-23-15-11-9-13-21(23)22-14-10-12-16-24(22)26/h9-16,18,25-30H,17,19-20H2,1-8H3/t25-,27-,28+,29-,30+/m0/s1. The van der Waals surface area contributed by atoms with E-state index in [-0.39, 0.29) is 25.7 Å². The van der Waals surface area contributed by atoms with E-state index in [0.717, 1.165) is 28.5 Å². The van der Waals surface area contributed by atoms with Gasteiger partial charge in [0.2, 0.25) is 0 Å². The minimum absolute atomic E-state index is 0.0834. The third-order valence-electron chi connectivity index (χ3n) is 8.02. The van der Waals surface area contributed by atoms with E-state index in [2.05, 4.69) is 24.3 Å². The smallest absolute Gasteiger partial charge is 0.410 e. The van der Waals surface area contributed by atoms with Gasteiger partial charge >= 0.3 is 6.09 Å². The highest BCUT2D eigenvalue weighted by Gasteiger charge is 2.55. The van der Waals surface area contributed by atoms with E-state index in [9.17, 15) is 9.59 Å². The average molecular weight is 580 g/mol. The number of aldehydes is 1. The van der Waals surface area contributed by atoms with Crippen LogP contribution >= 0.6 is 0 Å². The molecule has 0 radical (unpaired) electrons. The molecule has 3 aliphatic rings. The van der Waals surface area contributed by atoms with Crippen LogP contribution in [0.2, 0.25) is 0 Å². The van der Waals surface area contributed by atoms with Gasteiger partial charge in [-0.1, -0.05) is 48.5 Å². The van der Waals surface area contributed by atoms with Crippen LogP contribution in [0, 0.1) is 5.92 Å². The Morgan fingerprint density at radius 1 is 0.976 bits per heavy atom. The lowest BCUT2D eigenvalue weighted by atomic mass is 9.90. The number of ether oxygens (including phenoxy) is 5. The number of fused-ring (bicyclic) bond motifs is 3. The van der Waals surface area contributed by atoms with Gasteiger partial charge in [0.25, 0.3) is 0 Å². The molecule has 5 atom stereocenters. The SMILES string of the molecule is CC(C)(C)O[C@H]1[C@H]([C@@H](C=O)[C@H]2COC(C)(C)O2)N(C(=O)OCC2c3ccccc3-c3ccccc32)C[C@@H]1OC(C)(C)C. The number of amides is 1. The molecule has 42 heavy (non-hydrogen) atoms. The molecule has 5 rings (SSSR count). The molecule has 2 aliphatic heterocycles. The molecule has 1 aliphatic carbocycles. The molecule has 1 amide bonds. The third kappa shape index (κ3) is 6.42.